The molecule has 1 fully saturated rings. The van der Waals surface area contributed by atoms with E-state index in [1.807, 2.05) is 13.8 Å². The molecule has 0 radical (unpaired) electrons. The van der Waals surface area contributed by atoms with Crippen molar-refractivity contribution < 1.29 is 19.0 Å². The van der Waals surface area contributed by atoms with Gasteiger partial charge < -0.3 is 14.8 Å². The number of aliphatic hydroxyl groups is 2. The molecule has 0 saturated heterocycles. The maximum absolute atomic E-state index is 10.5. The van der Waals surface area contributed by atoms with Gasteiger partial charge in [0.2, 0.25) is 0 Å². The Morgan fingerprint density at radius 1 is 1.43 bits per heavy atom. The Hall–Kier alpha value is 0.0300. The molecule has 0 aromatic carbocycles. The summed E-state index contributed by atoms with van der Waals surface area (Å²) in [5.41, 5.74) is 0. The number of hydrogen-bond acceptors (Lipinski definition) is 4. The minimum atomic E-state index is -2.14. The lowest BCUT2D eigenvalue weighted by Crippen LogP contribution is -2.31. The summed E-state index contributed by atoms with van der Waals surface area (Å²) in [5.74, 6) is -0.0828. The summed E-state index contributed by atoms with van der Waals surface area (Å²) >= 11 is -2.14. The zero-order valence-electron chi connectivity index (χ0n) is 8.42. The molecule has 0 heterocycles. The van der Waals surface area contributed by atoms with Crippen LogP contribution in [-0.4, -0.2) is 36.9 Å². The van der Waals surface area contributed by atoms with E-state index in [1.54, 1.807) is 0 Å². The van der Waals surface area contributed by atoms with Crippen LogP contribution in [0.1, 0.15) is 20.3 Å². The number of hydrogen-bond donors (Lipinski definition) is 2. The second kappa shape index (κ2) is 4.70. The second-order valence-electron chi connectivity index (χ2n) is 4.36. The molecule has 4 nitrogen and oxygen atoms in total. The van der Waals surface area contributed by atoms with Gasteiger partial charge in [-0.25, -0.2) is 0 Å². The van der Waals surface area contributed by atoms with Gasteiger partial charge in [0.15, 0.2) is 0 Å². The second-order valence-corrected chi connectivity index (χ2v) is 5.30. The van der Waals surface area contributed by atoms with Gasteiger partial charge >= 0.3 is 0 Å². The lowest BCUT2D eigenvalue weighted by atomic mass is 9.92. The summed E-state index contributed by atoms with van der Waals surface area (Å²) in [7, 11) is 0. The van der Waals surface area contributed by atoms with Crippen molar-refractivity contribution in [3.8, 4) is 0 Å². The van der Waals surface area contributed by atoms with Crippen LogP contribution in [0, 0.1) is 17.8 Å². The molecule has 84 valence electrons. The lowest BCUT2D eigenvalue weighted by molar-refractivity contribution is -0.00100. The quantitative estimate of drug-likeness (QED) is 0.651. The van der Waals surface area contributed by atoms with E-state index < -0.39 is 23.3 Å². The first kappa shape index (κ1) is 12.1. The average molecular weight is 221 g/mol. The molecule has 0 aromatic heterocycles. The highest BCUT2D eigenvalue weighted by molar-refractivity contribution is 7.79. The van der Waals surface area contributed by atoms with Gasteiger partial charge in [-0.15, -0.1) is 0 Å². The predicted molar refractivity (Wildman–Crippen MR) is 52.2 cm³/mol. The Labute approximate surface area is 86.6 Å². The Morgan fingerprint density at radius 3 is 2.36 bits per heavy atom. The third-order valence-corrected chi connectivity index (χ3v) is 3.75. The molecule has 0 spiro atoms. The standard InChI is InChI=1S/C9H18O4S/c1-5(2)7-3-6(4-14(12)13)8(10)9(7)11/h5-11H,3-4H2,1-2H3,(H,12,13)/p-1/t6-,7+,8-,9+/m1/s1. The Morgan fingerprint density at radius 2 is 2.00 bits per heavy atom. The maximum Gasteiger partial charge on any atom is 0.0838 e. The summed E-state index contributed by atoms with van der Waals surface area (Å²) in [6, 6.07) is 0. The van der Waals surface area contributed by atoms with Gasteiger partial charge in [0.1, 0.15) is 0 Å². The van der Waals surface area contributed by atoms with Crippen LogP contribution in [0.3, 0.4) is 0 Å². The van der Waals surface area contributed by atoms with Crippen LogP contribution in [0.5, 0.6) is 0 Å². The molecule has 2 N–H and O–H groups in total. The Bertz CT molecular complexity index is 219. The monoisotopic (exact) mass is 221 g/mol. The zero-order valence-corrected chi connectivity index (χ0v) is 9.24. The maximum atomic E-state index is 10.5. The largest absolute Gasteiger partial charge is 0.772 e. The van der Waals surface area contributed by atoms with Gasteiger partial charge in [0.25, 0.3) is 0 Å². The van der Waals surface area contributed by atoms with Crippen LogP contribution in [0.2, 0.25) is 0 Å². The van der Waals surface area contributed by atoms with E-state index >= 15 is 0 Å². The van der Waals surface area contributed by atoms with E-state index in [0.29, 0.717) is 6.42 Å². The van der Waals surface area contributed by atoms with Crippen molar-refractivity contribution in [2.24, 2.45) is 17.8 Å². The number of aliphatic hydroxyl groups excluding tert-OH is 2. The highest BCUT2D eigenvalue weighted by atomic mass is 32.2. The van der Waals surface area contributed by atoms with E-state index in [2.05, 4.69) is 0 Å². The first-order chi connectivity index (χ1) is 6.43. The fourth-order valence-corrected chi connectivity index (χ4v) is 2.85. The van der Waals surface area contributed by atoms with Crippen molar-refractivity contribution in [3.63, 3.8) is 0 Å². The molecule has 1 aliphatic rings. The van der Waals surface area contributed by atoms with Gasteiger partial charge in [-0.1, -0.05) is 24.9 Å². The van der Waals surface area contributed by atoms with Crippen LogP contribution >= 0.6 is 0 Å². The first-order valence-corrected chi connectivity index (χ1v) is 6.10. The van der Waals surface area contributed by atoms with Crippen LogP contribution in [0.4, 0.5) is 0 Å². The highest BCUT2D eigenvalue weighted by Gasteiger charge is 2.42. The van der Waals surface area contributed by atoms with E-state index in [9.17, 15) is 19.0 Å². The van der Waals surface area contributed by atoms with Crippen molar-refractivity contribution >= 4 is 11.1 Å². The molecule has 1 saturated carbocycles. The molecule has 1 aliphatic carbocycles. The van der Waals surface area contributed by atoms with E-state index in [-0.39, 0.29) is 23.5 Å². The molecular formula is C9H17O4S-. The molecule has 14 heavy (non-hydrogen) atoms. The Balaban J connectivity index is 2.62. The third kappa shape index (κ3) is 2.53. The van der Waals surface area contributed by atoms with Crippen LogP contribution in [0.25, 0.3) is 0 Å². The van der Waals surface area contributed by atoms with Crippen molar-refractivity contribution in [2.75, 3.05) is 5.75 Å². The minimum Gasteiger partial charge on any atom is -0.772 e. The van der Waals surface area contributed by atoms with Crippen molar-refractivity contribution in [1.29, 1.82) is 0 Å². The van der Waals surface area contributed by atoms with Crippen molar-refractivity contribution in [3.05, 3.63) is 0 Å². The fraction of sp³-hybridized carbons (Fsp3) is 1.00. The fourth-order valence-electron chi connectivity index (χ4n) is 2.17. The van der Waals surface area contributed by atoms with Gasteiger partial charge in [0, 0.05) is 5.75 Å². The predicted octanol–water partition coefficient (Wildman–Crippen LogP) is -0.121. The van der Waals surface area contributed by atoms with Gasteiger partial charge in [-0.05, 0) is 24.2 Å². The first-order valence-electron chi connectivity index (χ1n) is 4.85. The summed E-state index contributed by atoms with van der Waals surface area (Å²) in [6.45, 7) is 3.94. The molecule has 5 heteroatoms. The molecule has 0 aliphatic heterocycles. The smallest absolute Gasteiger partial charge is 0.0838 e. The zero-order chi connectivity index (χ0) is 10.9. The van der Waals surface area contributed by atoms with Gasteiger partial charge in [-0.2, -0.15) is 0 Å². The van der Waals surface area contributed by atoms with E-state index in [4.69, 9.17) is 0 Å². The SMILES string of the molecule is CC(C)[C@@H]1C[C@H](CS(=O)[O-])[C@@H](O)[C@H]1O. The average Bonchev–Trinajstić information content (AvgIpc) is 2.32. The lowest BCUT2D eigenvalue weighted by Gasteiger charge is -2.19. The molecular weight excluding hydrogens is 204 g/mol. The van der Waals surface area contributed by atoms with Crippen molar-refractivity contribution in [1.82, 2.24) is 0 Å². The van der Waals surface area contributed by atoms with E-state index in [0.717, 1.165) is 0 Å². The minimum absolute atomic E-state index is 0.0125. The topological polar surface area (TPSA) is 80.6 Å². The number of rotatable bonds is 3. The molecule has 0 bridgehead atoms. The van der Waals surface area contributed by atoms with E-state index in [1.165, 1.54) is 0 Å². The highest BCUT2D eigenvalue weighted by Crippen LogP contribution is 2.36. The molecule has 1 unspecified atom stereocenters. The van der Waals surface area contributed by atoms with Gasteiger partial charge in [0.05, 0.1) is 12.2 Å². The normalized spacial score (nSPS) is 40.4. The molecule has 5 atom stereocenters. The third-order valence-electron chi connectivity index (χ3n) is 3.05. The summed E-state index contributed by atoms with van der Waals surface area (Å²) in [4.78, 5) is 0. The van der Waals surface area contributed by atoms with Crippen LogP contribution in [-0.2, 0) is 11.1 Å². The van der Waals surface area contributed by atoms with Crippen LogP contribution < -0.4 is 0 Å². The summed E-state index contributed by atoms with van der Waals surface area (Å²) < 4.78 is 21.0. The molecule has 0 amide bonds. The Kier molecular flexibility index (Phi) is 4.06. The van der Waals surface area contributed by atoms with Gasteiger partial charge in [-0.3, -0.25) is 4.21 Å². The molecule has 0 aromatic rings. The van der Waals surface area contributed by atoms with Crippen LogP contribution in [0.15, 0.2) is 0 Å². The summed E-state index contributed by atoms with van der Waals surface area (Å²) in [5, 5.41) is 19.3. The van der Waals surface area contributed by atoms with Crippen molar-refractivity contribution in [2.45, 2.75) is 32.5 Å². The molecule has 1 rings (SSSR count). The summed E-state index contributed by atoms with van der Waals surface area (Å²) in [6.07, 6.45) is -1.07.